The van der Waals surface area contributed by atoms with Crippen molar-refractivity contribution in [3.8, 4) is 0 Å². The molecule has 0 aliphatic carbocycles. The van der Waals surface area contributed by atoms with Gasteiger partial charge in [-0.25, -0.2) is 0 Å². The van der Waals surface area contributed by atoms with Gasteiger partial charge in [-0.05, 0) is 11.7 Å². The number of hydrogen-bond donors (Lipinski definition) is 2. The zero-order valence-electron chi connectivity index (χ0n) is 2.53. The molecule has 0 radical (unpaired) electrons. The third-order valence-electron chi connectivity index (χ3n) is 0. The summed E-state index contributed by atoms with van der Waals surface area (Å²) in [7, 11) is -3.97. The Balaban J connectivity index is 0. The van der Waals surface area contributed by atoms with Gasteiger partial charge in [0.15, 0.2) is 0 Å². The van der Waals surface area contributed by atoms with Crippen LogP contribution in [0.5, 0.6) is 0 Å². The monoisotopic (exact) mass is 166 g/mol. The molecule has 0 saturated carbocycles. The molecule has 0 bridgehead atoms. The van der Waals surface area contributed by atoms with E-state index in [0.29, 0.717) is 0 Å². The van der Waals surface area contributed by atoms with Crippen LogP contribution in [-0.2, 0) is 26.5 Å². The smallest absolute Gasteiger partial charge is 0.277 e. The van der Waals surface area contributed by atoms with Gasteiger partial charge in [0.1, 0.15) is 0 Å². The minimum atomic E-state index is -3.97. The van der Waals surface area contributed by atoms with Gasteiger partial charge in [0.05, 0.1) is 0 Å². The maximum absolute atomic E-state index is 9.05. The van der Waals surface area contributed by atoms with Crippen molar-refractivity contribution in [2.45, 2.75) is 0 Å². The predicted octanol–water partition coefficient (Wildman–Crippen LogP) is -0.283. The van der Waals surface area contributed by atoms with Gasteiger partial charge in [-0.2, -0.15) is 8.42 Å². The number of rotatable bonds is 0. The summed E-state index contributed by atoms with van der Waals surface area (Å²) in [5.41, 5.74) is 0. The second kappa shape index (κ2) is 2.88. The third-order valence-corrected chi connectivity index (χ3v) is 0. The zero-order chi connectivity index (χ0) is 4.50. The first kappa shape index (κ1) is 9.92. The molecular formula is H2CrO3S2. The van der Waals surface area contributed by atoms with Gasteiger partial charge in [-0.3, -0.25) is 4.55 Å². The first-order chi connectivity index (χ1) is 2.00. The molecule has 0 aromatic heterocycles. The maximum Gasteiger partial charge on any atom is 0.316 e. The third kappa shape index (κ3) is 110. The molecule has 0 atom stereocenters. The van der Waals surface area contributed by atoms with E-state index in [2.05, 4.69) is 11.7 Å². The van der Waals surface area contributed by atoms with Crippen LogP contribution < -0.4 is 0 Å². The van der Waals surface area contributed by atoms with Crippen LogP contribution in [0.2, 0.25) is 0 Å². The van der Waals surface area contributed by atoms with Gasteiger partial charge in [-0.15, -0.1) is 0 Å². The first-order valence-electron chi connectivity index (χ1n) is 0.698. The average molecular weight is 166 g/mol. The molecule has 0 amide bonds. The SMILES string of the molecule is O=S(=O)(O)S.[Cr]. The molecule has 0 unspecified atom stereocenters. The Bertz CT molecular complexity index is 92.0. The van der Waals surface area contributed by atoms with Crippen LogP contribution in [0.15, 0.2) is 0 Å². The molecule has 0 spiro atoms. The fourth-order valence-electron chi connectivity index (χ4n) is 0. The van der Waals surface area contributed by atoms with Crippen LogP contribution in [0.3, 0.4) is 0 Å². The largest absolute Gasteiger partial charge is 0.316 e. The van der Waals surface area contributed by atoms with Gasteiger partial charge < -0.3 is 0 Å². The minimum Gasteiger partial charge on any atom is -0.277 e. The van der Waals surface area contributed by atoms with Gasteiger partial charge in [-0.1, -0.05) is 0 Å². The number of hydrogen-bond acceptors (Lipinski definition) is 2. The molecule has 6 heteroatoms. The van der Waals surface area contributed by atoms with Crippen molar-refractivity contribution in [3.63, 3.8) is 0 Å². The molecule has 0 fully saturated rings. The maximum atomic E-state index is 9.05. The Labute approximate surface area is 51.4 Å². The Morgan fingerprint density at radius 2 is 1.50 bits per heavy atom. The van der Waals surface area contributed by atoms with Gasteiger partial charge in [0.2, 0.25) is 0 Å². The van der Waals surface area contributed by atoms with Crippen LogP contribution >= 0.6 is 11.7 Å². The van der Waals surface area contributed by atoms with Gasteiger partial charge in [0.25, 0.3) is 0 Å². The van der Waals surface area contributed by atoms with E-state index >= 15 is 0 Å². The van der Waals surface area contributed by atoms with E-state index in [0.717, 1.165) is 0 Å². The zero-order valence-corrected chi connectivity index (χ0v) is 5.51. The molecule has 0 saturated heterocycles. The molecule has 1 N–H and O–H groups in total. The molecule has 3 nitrogen and oxygen atoms in total. The number of thiol groups is 1. The summed E-state index contributed by atoms with van der Waals surface area (Å²) in [6.07, 6.45) is 0. The fourth-order valence-corrected chi connectivity index (χ4v) is 0. The van der Waals surface area contributed by atoms with Crippen molar-refractivity contribution in [2.75, 3.05) is 0 Å². The second-order valence-corrected chi connectivity index (χ2v) is 2.73. The molecule has 6 heavy (non-hydrogen) atoms. The summed E-state index contributed by atoms with van der Waals surface area (Å²) in [5.74, 6) is 0. The molecule has 0 heterocycles. The quantitative estimate of drug-likeness (QED) is 0.295. The molecule has 0 aliphatic rings. The van der Waals surface area contributed by atoms with E-state index in [9.17, 15) is 0 Å². The fraction of sp³-hybridized carbons (Fsp3) is 0. The van der Waals surface area contributed by atoms with Gasteiger partial charge in [0, 0.05) is 17.4 Å². The summed E-state index contributed by atoms with van der Waals surface area (Å²) in [4.78, 5) is 0. The van der Waals surface area contributed by atoms with Crippen molar-refractivity contribution < 1.29 is 30.3 Å². The van der Waals surface area contributed by atoms with Crippen LogP contribution in [0.25, 0.3) is 0 Å². The second-order valence-electron chi connectivity index (χ2n) is 0.448. The van der Waals surface area contributed by atoms with Crippen LogP contribution in [-0.4, -0.2) is 13.0 Å². The normalized spacial score (nSPS) is 9.67. The summed E-state index contributed by atoms with van der Waals surface area (Å²) in [5, 5.41) is 0. The van der Waals surface area contributed by atoms with E-state index in [4.69, 9.17) is 13.0 Å². The summed E-state index contributed by atoms with van der Waals surface area (Å²) in [6, 6.07) is 0. The average Bonchev–Trinajstić information content (AvgIpc) is 0.722. The van der Waals surface area contributed by atoms with E-state index in [1.54, 1.807) is 0 Å². The standard InChI is InChI=1S/Cr.H2O3S2/c;1-5(2,3)4/h;(H2,1,2,3,4). The summed E-state index contributed by atoms with van der Waals surface area (Å²) < 4.78 is 25.5. The van der Waals surface area contributed by atoms with E-state index in [1.165, 1.54) is 0 Å². The van der Waals surface area contributed by atoms with Crippen molar-refractivity contribution in [2.24, 2.45) is 0 Å². The van der Waals surface area contributed by atoms with Crippen molar-refractivity contribution in [3.05, 3.63) is 0 Å². The summed E-state index contributed by atoms with van der Waals surface area (Å²) >= 11 is 2.65. The van der Waals surface area contributed by atoms with Crippen LogP contribution in [0, 0.1) is 0 Å². The van der Waals surface area contributed by atoms with Crippen LogP contribution in [0.1, 0.15) is 0 Å². The van der Waals surface area contributed by atoms with Gasteiger partial charge >= 0.3 is 9.15 Å². The Kier molecular flexibility index (Phi) is 4.77. The molecule has 38 valence electrons. The minimum absolute atomic E-state index is 0. The van der Waals surface area contributed by atoms with E-state index in [1.807, 2.05) is 0 Å². The Morgan fingerprint density at radius 3 is 1.50 bits per heavy atom. The Hall–Kier alpha value is 0.792. The van der Waals surface area contributed by atoms with Crippen LogP contribution in [0.4, 0.5) is 0 Å². The van der Waals surface area contributed by atoms with Crippen molar-refractivity contribution in [1.82, 2.24) is 0 Å². The van der Waals surface area contributed by atoms with Crippen molar-refractivity contribution >= 4 is 20.8 Å². The summed E-state index contributed by atoms with van der Waals surface area (Å²) in [6.45, 7) is 0. The first-order valence-corrected chi connectivity index (χ1v) is 3.19. The topological polar surface area (TPSA) is 54.4 Å². The van der Waals surface area contributed by atoms with E-state index < -0.39 is 9.15 Å². The Morgan fingerprint density at radius 1 is 1.50 bits per heavy atom. The molecular weight excluding hydrogens is 164 g/mol. The van der Waals surface area contributed by atoms with Crippen molar-refractivity contribution in [1.29, 1.82) is 0 Å². The predicted molar refractivity (Wildman–Crippen MR) is 20.5 cm³/mol. The molecule has 0 aromatic carbocycles. The van der Waals surface area contributed by atoms with E-state index in [-0.39, 0.29) is 17.4 Å². The molecule has 0 rings (SSSR count). The molecule has 0 aromatic rings. The molecule has 0 aliphatic heterocycles.